The zero-order chi connectivity index (χ0) is 32.3. The van der Waals surface area contributed by atoms with E-state index in [2.05, 4.69) is 0 Å². The normalized spacial score (nSPS) is 14.7. The van der Waals surface area contributed by atoms with Crippen molar-refractivity contribution < 1.29 is 36.5 Å². The van der Waals surface area contributed by atoms with Gasteiger partial charge in [0, 0.05) is 29.6 Å². The Balaban J connectivity index is 1.01. The van der Waals surface area contributed by atoms with E-state index >= 15 is 0 Å². The van der Waals surface area contributed by atoms with E-state index in [0.29, 0.717) is 11.4 Å². The van der Waals surface area contributed by atoms with E-state index in [9.17, 15) is 22.8 Å². The molecule has 10 heteroatoms. The molecule has 9 nitrogen and oxygen atoms in total. The zero-order valence-electron chi connectivity index (χ0n) is 24.8. The van der Waals surface area contributed by atoms with Crippen molar-refractivity contribution in [3.8, 4) is 17.2 Å². The number of aryl methyl sites for hydroxylation is 1. The Labute approximate surface area is 266 Å². The second kappa shape index (κ2) is 12.9. The number of hydrogen-bond acceptors (Lipinski definition) is 8. The van der Waals surface area contributed by atoms with Gasteiger partial charge in [0.05, 0.1) is 5.92 Å². The van der Waals surface area contributed by atoms with Crippen molar-refractivity contribution in [2.24, 2.45) is 5.92 Å². The molecule has 1 aliphatic heterocycles. The van der Waals surface area contributed by atoms with Gasteiger partial charge < -0.3 is 18.6 Å². The lowest BCUT2D eigenvalue weighted by molar-refractivity contribution is -0.147. The second-order valence-corrected chi connectivity index (χ2v) is 12.4. The number of esters is 1. The van der Waals surface area contributed by atoms with Crippen molar-refractivity contribution in [3.63, 3.8) is 0 Å². The molecule has 0 spiro atoms. The van der Waals surface area contributed by atoms with E-state index in [0.717, 1.165) is 22.1 Å². The maximum Gasteiger partial charge on any atom is 0.339 e. The third-order valence-electron chi connectivity index (χ3n) is 7.62. The maximum atomic E-state index is 12.8. The lowest BCUT2D eigenvalue weighted by Gasteiger charge is -2.17. The monoisotopic (exact) mass is 635 g/mol. The van der Waals surface area contributed by atoms with Gasteiger partial charge in [-0.05, 0) is 79.0 Å². The first-order chi connectivity index (χ1) is 22.2. The summed E-state index contributed by atoms with van der Waals surface area (Å²) in [6, 6.07) is 32.5. The highest BCUT2D eigenvalue weighted by Gasteiger charge is 2.36. The second-order valence-electron chi connectivity index (χ2n) is 10.9. The number of fused-ring (bicyclic) bond motifs is 1. The maximum absolute atomic E-state index is 12.8. The topological polar surface area (TPSA) is 116 Å². The molecule has 1 amide bonds. The van der Waals surface area contributed by atoms with E-state index < -0.39 is 34.4 Å². The van der Waals surface area contributed by atoms with Crippen LogP contribution < -0.4 is 13.8 Å². The highest BCUT2D eigenvalue weighted by Crippen LogP contribution is 2.32. The first kappa shape index (κ1) is 30.5. The number of carbonyl (C=O) groups excluding carboxylic acids is 3. The number of amides is 1. The van der Waals surface area contributed by atoms with Crippen LogP contribution in [0.15, 0.2) is 120 Å². The fraction of sp³-hybridized carbons (Fsp3) is 0.139. The van der Waals surface area contributed by atoms with Crippen molar-refractivity contribution in [1.82, 2.24) is 0 Å². The molecule has 0 saturated carbocycles. The summed E-state index contributed by atoms with van der Waals surface area (Å²) in [5.41, 5.74) is 1.74. The molecule has 5 aromatic rings. The van der Waals surface area contributed by atoms with Gasteiger partial charge in [-0.15, -0.1) is 0 Å². The number of benzene rings is 5. The molecule has 0 aromatic heterocycles. The lowest BCUT2D eigenvalue weighted by atomic mass is 10.1. The largest absolute Gasteiger partial charge is 0.457 e. The molecule has 0 bridgehead atoms. The number of rotatable bonds is 10. The molecule has 0 unspecified atom stereocenters. The van der Waals surface area contributed by atoms with Gasteiger partial charge in [-0.2, -0.15) is 8.42 Å². The summed E-state index contributed by atoms with van der Waals surface area (Å²) < 4.78 is 41.5. The van der Waals surface area contributed by atoms with E-state index in [4.69, 9.17) is 13.7 Å². The molecular weight excluding hydrogens is 606 g/mol. The molecule has 0 aliphatic carbocycles. The predicted molar refractivity (Wildman–Crippen MR) is 172 cm³/mol. The highest BCUT2D eigenvalue weighted by molar-refractivity contribution is 7.87. The zero-order valence-corrected chi connectivity index (χ0v) is 25.6. The number of ketones is 1. The van der Waals surface area contributed by atoms with Crippen LogP contribution in [0.3, 0.4) is 0 Å². The predicted octanol–water partition coefficient (Wildman–Crippen LogP) is 6.49. The average Bonchev–Trinajstić information content (AvgIpc) is 3.46. The van der Waals surface area contributed by atoms with Gasteiger partial charge >= 0.3 is 16.1 Å². The Morgan fingerprint density at radius 2 is 1.48 bits per heavy atom. The molecule has 232 valence electrons. The van der Waals surface area contributed by atoms with Crippen molar-refractivity contribution in [1.29, 1.82) is 0 Å². The number of Topliss-reactive ketones (excluding diaryl/α,β-unsaturated/α-hetero) is 1. The molecule has 6 rings (SSSR count). The average molecular weight is 636 g/mol. The summed E-state index contributed by atoms with van der Waals surface area (Å²) in [7, 11) is -4.04. The first-order valence-electron chi connectivity index (χ1n) is 14.5. The van der Waals surface area contributed by atoms with Crippen LogP contribution in [0.4, 0.5) is 5.69 Å². The van der Waals surface area contributed by atoms with E-state index in [1.807, 2.05) is 49.4 Å². The minimum absolute atomic E-state index is 0.0112. The summed E-state index contributed by atoms with van der Waals surface area (Å²) in [6.45, 7) is 1.44. The van der Waals surface area contributed by atoms with Crippen molar-refractivity contribution >= 4 is 44.2 Å². The molecule has 0 N–H and O–H groups in total. The molecule has 46 heavy (non-hydrogen) atoms. The van der Waals surface area contributed by atoms with Crippen LogP contribution in [-0.4, -0.2) is 39.2 Å². The molecule has 1 heterocycles. The van der Waals surface area contributed by atoms with Gasteiger partial charge in [0.25, 0.3) is 0 Å². The molecule has 0 radical (unpaired) electrons. The third-order valence-corrected chi connectivity index (χ3v) is 8.88. The van der Waals surface area contributed by atoms with Gasteiger partial charge in [-0.1, -0.05) is 54.1 Å². The minimum atomic E-state index is -4.04. The first-order valence-corrected chi connectivity index (χ1v) is 15.9. The number of hydrogen-bond donors (Lipinski definition) is 0. The third kappa shape index (κ3) is 6.77. The van der Waals surface area contributed by atoms with E-state index in [-0.39, 0.29) is 35.1 Å². The van der Waals surface area contributed by atoms with Crippen LogP contribution in [0.1, 0.15) is 22.3 Å². The summed E-state index contributed by atoms with van der Waals surface area (Å²) in [5, 5.41) is 2.05. The van der Waals surface area contributed by atoms with Crippen LogP contribution in [0, 0.1) is 12.8 Å². The SMILES string of the molecule is Cc1ccc(S(=O)(=O)Oc2ccc(C(=O)COC(=O)[C@H]3CC(=O)N(c4ccc(Oc5cccc6ccccc56)cc4)C3)cc2)cc1. The van der Waals surface area contributed by atoms with Crippen molar-refractivity contribution in [2.75, 3.05) is 18.1 Å². The van der Waals surface area contributed by atoms with Gasteiger partial charge in [0.1, 0.15) is 22.1 Å². The minimum Gasteiger partial charge on any atom is -0.457 e. The van der Waals surface area contributed by atoms with Crippen LogP contribution in [0.25, 0.3) is 10.8 Å². The van der Waals surface area contributed by atoms with Gasteiger partial charge in [0.2, 0.25) is 5.91 Å². The van der Waals surface area contributed by atoms with Gasteiger partial charge in [0.15, 0.2) is 12.4 Å². The summed E-state index contributed by atoms with van der Waals surface area (Å²) in [6.07, 6.45) is -0.0389. The Hall–Kier alpha value is -5.48. The molecule has 1 aliphatic rings. The smallest absolute Gasteiger partial charge is 0.339 e. The Morgan fingerprint density at radius 3 is 2.22 bits per heavy atom. The van der Waals surface area contributed by atoms with Crippen LogP contribution in [0.5, 0.6) is 17.2 Å². The Kier molecular flexibility index (Phi) is 8.54. The summed E-state index contributed by atoms with van der Waals surface area (Å²) in [5.74, 6) is -0.730. The van der Waals surface area contributed by atoms with E-state index in [1.54, 1.807) is 36.4 Å². The van der Waals surface area contributed by atoms with Crippen LogP contribution >= 0.6 is 0 Å². The number of anilines is 1. The molecule has 1 atom stereocenters. The lowest BCUT2D eigenvalue weighted by Crippen LogP contribution is -2.27. The fourth-order valence-electron chi connectivity index (χ4n) is 5.13. The van der Waals surface area contributed by atoms with Crippen LogP contribution in [-0.2, 0) is 24.4 Å². The molecule has 1 fully saturated rings. The van der Waals surface area contributed by atoms with Crippen molar-refractivity contribution in [2.45, 2.75) is 18.2 Å². The molecule has 5 aromatic carbocycles. The number of ether oxygens (including phenoxy) is 2. The van der Waals surface area contributed by atoms with Crippen molar-refractivity contribution in [3.05, 3.63) is 126 Å². The molecule has 1 saturated heterocycles. The quantitative estimate of drug-likeness (QED) is 0.0972. The van der Waals surface area contributed by atoms with Gasteiger partial charge in [-0.3, -0.25) is 14.4 Å². The number of nitrogens with zero attached hydrogens (tertiary/aromatic N) is 1. The highest BCUT2D eigenvalue weighted by atomic mass is 32.2. The van der Waals surface area contributed by atoms with E-state index in [1.165, 1.54) is 41.3 Å². The van der Waals surface area contributed by atoms with Gasteiger partial charge in [-0.25, -0.2) is 0 Å². The molecular formula is C36H29NO8S. The fourth-order valence-corrected chi connectivity index (χ4v) is 6.06. The summed E-state index contributed by atoms with van der Waals surface area (Å²) in [4.78, 5) is 39.7. The Morgan fingerprint density at radius 1 is 0.804 bits per heavy atom. The standard InChI is InChI=1S/C36H29NO8S/c1-24-9-19-31(20-10-24)46(41,42)45-30-15-11-26(12-16-30)33(38)23-43-36(40)27-21-35(39)37(22-27)28-13-17-29(18-14-28)44-34-8-4-6-25-5-2-3-7-32(25)34/h2-20,27H,21-23H2,1H3/t27-/m0/s1. The Bertz CT molecular complexity index is 2020. The van der Waals surface area contributed by atoms with Crippen LogP contribution in [0.2, 0.25) is 0 Å². The summed E-state index contributed by atoms with van der Waals surface area (Å²) >= 11 is 0. The number of carbonyl (C=O) groups is 3.